The number of benzene rings is 1. The largest absolute Gasteiger partial charge is 0.491 e. The fourth-order valence-corrected chi connectivity index (χ4v) is 1.80. The van der Waals surface area contributed by atoms with Gasteiger partial charge >= 0.3 is 0 Å². The zero-order valence-corrected chi connectivity index (χ0v) is 12.4. The van der Waals surface area contributed by atoms with Crippen molar-refractivity contribution in [2.75, 3.05) is 25.6 Å². The number of rotatable bonds is 6. The van der Waals surface area contributed by atoms with Crippen LogP contribution < -0.4 is 10.1 Å². The van der Waals surface area contributed by atoms with Crippen LogP contribution in [0.25, 0.3) is 0 Å². The number of methoxy groups -OCH3 is 1. The van der Waals surface area contributed by atoms with Crippen molar-refractivity contribution in [2.24, 2.45) is 7.05 Å². The highest BCUT2D eigenvalue weighted by molar-refractivity contribution is 6.04. The molecule has 1 amide bonds. The van der Waals surface area contributed by atoms with Gasteiger partial charge in [-0.05, 0) is 31.2 Å². The second-order valence-electron chi connectivity index (χ2n) is 4.59. The average molecular weight is 289 g/mol. The second-order valence-corrected chi connectivity index (χ2v) is 4.59. The first-order chi connectivity index (χ1) is 10.1. The molecule has 6 heteroatoms. The summed E-state index contributed by atoms with van der Waals surface area (Å²) in [5, 5.41) is 6.89. The molecule has 2 rings (SSSR count). The lowest BCUT2D eigenvalue weighted by Crippen LogP contribution is -2.13. The maximum atomic E-state index is 12.1. The summed E-state index contributed by atoms with van der Waals surface area (Å²) < 4.78 is 12.0. The van der Waals surface area contributed by atoms with Gasteiger partial charge in [0, 0.05) is 25.5 Å². The Kier molecular flexibility index (Phi) is 4.94. The fraction of sp³-hybridized carbons (Fsp3) is 0.333. The van der Waals surface area contributed by atoms with Crippen molar-refractivity contribution in [1.82, 2.24) is 9.78 Å². The van der Waals surface area contributed by atoms with E-state index in [-0.39, 0.29) is 5.91 Å². The van der Waals surface area contributed by atoms with E-state index in [2.05, 4.69) is 10.4 Å². The summed E-state index contributed by atoms with van der Waals surface area (Å²) in [6.07, 6.45) is 1.56. The lowest BCUT2D eigenvalue weighted by molar-refractivity contribution is 0.102. The smallest absolute Gasteiger partial charge is 0.259 e. The quantitative estimate of drug-likeness (QED) is 0.826. The number of carbonyl (C=O) groups excluding carboxylic acids is 1. The van der Waals surface area contributed by atoms with Gasteiger partial charge < -0.3 is 14.8 Å². The molecular formula is C15H19N3O3. The molecule has 0 spiro atoms. The summed E-state index contributed by atoms with van der Waals surface area (Å²) in [5.41, 5.74) is 2.10. The number of aromatic nitrogens is 2. The van der Waals surface area contributed by atoms with E-state index in [1.807, 2.05) is 6.92 Å². The summed E-state index contributed by atoms with van der Waals surface area (Å²) in [6, 6.07) is 7.21. The van der Waals surface area contributed by atoms with Crippen LogP contribution in [-0.4, -0.2) is 36.0 Å². The van der Waals surface area contributed by atoms with Crippen LogP contribution in [0.3, 0.4) is 0 Å². The Bertz CT molecular complexity index is 605. The van der Waals surface area contributed by atoms with Gasteiger partial charge in [0.15, 0.2) is 0 Å². The lowest BCUT2D eigenvalue weighted by Gasteiger charge is -2.08. The highest BCUT2D eigenvalue weighted by Crippen LogP contribution is 2.17. The van der Waals surface area contributed by atoms with Crippen LogP contribution in [0.2, 0.25) is 0 Å². The van der Waals surface area contributed by atoms with Crippen LogP contribution in [0.4, 0.5) is 5.69 Å². The number of aryl methyl sites for hydroxylation is 1. The molecule has 0 bridgehead atoms. The third-order valence-electron chi connectivity index (χ3n) is 3.15. The molecule has 2 aromatic rings. The van der Waals surface area contributed by atoms with Crippen molar-refractivity contribution >= 4 is 11.6 Å². The van der Waals surface area contributed by atoms with Crippen molar-refractivity contribution in [3.63, 3.8) is 0 Å². The van der Waals surface area contributed by atoms with Gasteiger partial charge in [-0.25, -0.2) is 0 Å². The Morgan fingerprint density at radius 3 is 2.57 bits per heavy atom. The molecule has 0 aliphatic heterocycles. The monoisotopic (exact) mass is 289 g/mol. The van der Waals surface area contributed by atoms with Gasteiger partial charge in [0.1, 0.15) is 12.4 Å². The van der Waals surface area contributed by atoms with Crippen molar-refractivity contribution in [2.45, 2.75) is 6.92 Å². The predicted octanol–water partition coefficient (Wildman–Crippen LogP) is 2.01. The summed E-state index contributed by atoms with van der Waals surface area (Å²) in [6.45, 7) is 2.89. The third kappa shape index (κ3) is 3.82. The molecule has 21 heavy (non-hydrogen) atoms. The number of ether oxygens (including phenoxy) is 2. The normalized spacial score (nSPS) is 10.4. The van der Waals surface area contributed by atoms with E-state index in [0.29, 0.717) is 24.5 Å². The van der Waals surface area contributed by atoms with Gasteiger partial charge in [0.05, 0.1) is 18.4 Å². The second kappa shape index (κ2) is 6.90. The van der Waals surface area contributed by atoms with E-state index >= 15 is 0 Å². The SMILES string of the molecule is COCCOc1ccc(NC(=O)c2cnn(C)c2C)cc1. The molecule has 0 atom stereocenters. The molecule has 0 aliphatic carbocycles. The zero-order chi connectivity index (χ0) is 15.2. The van der Waals surface area contributed by atoms with E-state index in [9.17, 15) is 4.79 Å². The van der Waals surface area contributed by atoms with Crippen LogP contribution in [0.15, 0.2) is 30.5 Å². The Labute approximate surface area is 123 Å². The fourth-order valence-electron chi connectivity index (χ4n) is 1.80. The topological polar surface area (TPSA) is 65.4 Å². The number of hydrogen-bond acceptors (Lipinski definition) is 4. The summed E-state index contributed by atoms with van der Waals surface area (Å²) in [4.78, 5) is 12.1. The Balaban J connectivity index is 1.97. The highest BCUT2D eigenvalue weighted by atomic mass is 16.5. The molecule has 6 nitrogen and oxygen atoms in total. The maximum absolute atomic E-state index is 12.1. The number of nitrogens with zero attached hydrogens (tertiary/aromatic N) is 2. The third-order valence-corrected chi connectivity index (χ3v) is 3.15. The minimum absolute atomic E-state index is 0.173. The van der Waals surface area contributed by atoms with Crippen molar-refractivity contribution < 1.29 is 14.3 Å². The molecule has 0 saturated heterocycles. The van der Waals surface area contributed by atoms with Gasteiger partial charge in [-0.3, -0.25) is 9.48 Å². The summed E-state index contributed by atoms with van der Waals surface area (Å²) >= 11 is 0. The molecule has 1 heterocycles. The molecule has 0 saturated carbocycles. The number of anilines is 1. The number of hydrogen-bond donors (Lipinski definition) is 1. The van der Waals surface area contributed by atoms with Crippen LogP contribution in [0.1, 0.15) is 16.1 Å². The first-order valence-corrected chi connectivity index (χ1v) is 6.63. The summed E-state index contributed by atoms with van der Waals surface area (Å²) in [5.74, 6) is 0.566. The van der Waals surface area contributed by atoms with E-state index in [0.717, 1.165) is 11.4 Å². The standard InChI is InChI=1S/C15H19N3O3/c1-11-14(10-16-18(11)2)15(19)17-12-4-6-13(7-5-12)21-9-8-20-3/h4-7,10H,8-9H2,1-3H3,(H,17,19). The molecule has 1 N–H and O–H groups in total. The molecule has 1 aromatic heterocycles. The van der Waals surface area contributed by atoms with E-state index in [1.165, 1.54) is 0 Å². The van der Waals surface area contributed by atoms with Crippen molar-refractivity contribution in [3.8, 4) is 5.75 Å². The Hall–Kier alpha value is -2.34. The van der Waals surface area contributed by atoms with E-state index < -0.39 is 0 Å². The first-order valence-electron chi connectivity index (χ1n) is 6.63. The molecular weight excluding hydrogens is 270 g/mol. The van der Waals surface area contributed by atoms with Gasteiger partial charge in [-0.2, -0.15) is 5.10 Å². The first kappa shape index (κ1) is 15.1. The number of carbonyl (C=O) groups is 1. The van der Waals surface area contributed by atoms with Gasteiger partial charge in [-0.15, -0.1) is 0 Å². The molecule has 0 fully saturated rings. The predicted molar refractivity (Wildman–Crippen MR) is 79.7 cm³/mol. The van der Waals surface area contributed by atoms with Crippen molar-refractivity contribution in [3.05, 3.63) is 41.7 Å². The number of amides is 1. The molecule has 0 unspecified atom stereocenters. The van der Waals surface area contributed by atoms with Crippen LogP contribution in [0.5, 0.6) is 5.75 Å². The molecule has 0 radical (unpaired) electrons. The lowest BCUT2D eigenvalue weighted by atomic mass is 10.2. The summed E-state index contributed by atoms with van der Waals surface area (Å²) in [7, 11) is 3.43. The van der Waals surface area contributed by atoms with E-state index in [1.54, 1.807) is 49.3 Å². The van der Waals surface area contributed by atoms with Gasteiger partial charge in [0.2, 0.25) is 0 Å². The number of nitrogens with one attached hydrogen (secondary N) is 1. The average Bonchev–Trinajstić information content (AvgIpc) is 2.81. The minimum atomic E-state index is -0.173. The Morgan fingerprint density at radius 1 is 1.29 bits per heavy atom. The highest BCUT2D eigenvalue weighted by Gasteiger charge is 2.12. The van der Waals surface area contributed by atoms with Crippen LogP contribution >= 0.6 is 0 Å². The van der Waals surface area contributed by atoms with E-state index in [4.69, 9.17) is 9.47 Å². The van der Waals surface area contributed by atoms with Crippen LogP contribution in [0, 0.1) is 6.92 Å². The van der Waals surface area contributed by atoms with Crippen molar-refractivity contribution in [1.29, 1.82) is 0 Å². The molecule has 0 aliphatic rings. The minimum Gasteiger partial charge on any atom is -0.491 e. The van der Waals surface area contributed by atoms with Gasteiger partial charge in [0.25, 0.3) is 5.91 Å². The molecule has 1 aromatic carbocycles. The zero-order valence-electron chi connectivity index (χ0n) is 12.4. The Morgan fingerprint density at radius 2 is 2.00 bits per heavy atom. The molecule has 112 valence electrons. The van der Waals surface area contributed by atoms with Crippen LogP contribution in [-0.2, 0) is 11.8 Å². The van der Waals surface area contributed by atoms with Gasteiger partial charge in [-0.1, -0.05) is 0 Å². The maximum Gasteiger partial charge on any atom is 0.259 e.